The van der Waals surface area contributed by atoms with Crippen molar-refractivity contribution < 1.29 is 4.79 Å². The number of hydrogen-bond donors (Lipinski definition) is 0. The second kappa shape index (κ2) is 5.10. The van der Waals surface area contributed by atoms with Gasteiger partial charge in [0.1, 0.15) is 22.2 Å². The van der Waals surface area contributed by atoms with Crippen LogP contribution in [-0.2, 0) is 6.42 Å². The molecule has 3 rings (SSSR count). The van der Waals surface area contributed by atoms with Gasteiger partial charge in [0.15, 0.2) is 10.6 Å². The molecular formula is C12H10N4OS2. The summed E-state index contributed by atoms with van der Waals surface area (Å²) in [6.07, 6.45) is 3.46. The molecule has 3 aromatic rings. The molecule has 0 aliphatic heterocycles. The van der Waals surface area contributed by atoms with E-state index in [0.717, 1.165) is 28.5 Å². The zero-order chi connectivity index (χ0) is 13.2. The average molecular weight is 290 g/mol. The maximum atomic E-state index is 11.2. The van der Waals surface area contributed by atoms with Gasteiger partial charge in [0, 0.05) is 12.6 Å². The predicted molar refractivity (Wildman–Crippen MR) is 74.0 cm³/mol. The molecule has 0 N–H and O–H groups in total. The average Bonchev–Trinajstić information content (AvgIpc) is 3.02. The summed E-state index contributed by atoms with van der Waals surface area (Å²) in [5, 5.41) is 0.667. The molecule has 0 radical (unpaired) electrons. The first-order valence-corrected chi connectivity index (χ1v) is 7.33. The fourth-order valence-corrected chi connectivity index (χ4v) is 3.39. The molecule has 5 nitrogen and oxygen atoms in total. The van der Waals surface area contributed by atoms with Crippen LogP contribution in [0.3, 0.4) is 0 Å². The molecule has 0 aliphatic carbocycles. The number of carbonyl (C=O) groups is 1. The Morgan fingerprint density at radius 3 is 3.05 bits per heavy atom. The molecule has 0 saturated carbocycles. The summed E-state index contributed by atoms with van der Waals surface area (Å²) in [7, 11) is 0. The highest BCUT2D eigenvalue weighted by Gasteiger charge is 2.14. The Hall–Kier alpha value is -1.73. The lowest BCUT2D eigenvalue weighted by molar-refractivity contribution is 0.111. The SMILES string of the molecule is CCc1nsc(Sc2nc3ccccn3c2C=O)n1. The van der Waals surface area contributed by atoms with Gasteiger partial charge in [-0.25, -0.2) is 9.97 Å². The standard InChI is InChI=1S/C12H10N4OS2/c1-2-9-13-12(19-15-9)18-11-8(7-17)16-6-4-3-5-10(16)14-11/h3-7H,2H2,1H3. The number of hydrogen-bond acceptors (Lipinski definition) is 6. The van der Waals surface area contributed by atoms with Crippen molar-refractivity contribution in [1.82, 2.24) is 18.7 Å². The number of carbonyl (C=O) groups excluding carboxylic acids is 1. The van der Waals surface area contributed by atoms with E-state index in [1.165, 1.54) is 23.3 Å². The van der Waals surface area contributed by atoms with E-state index in [0.29, 0.717) is 10.7 Å². The van der Waals surface area contributed by atoms with Gasteiger partial charge in [-0.3, -0.25) is 9.20 Å². The third-order valence-electron chi connectivity index (χ3n) is 2.59. The van der Waals surface area contributed by atoms with Gasteiger partial charge in [-0.2, -0.15) is 4.37 Å². The van der Waals surface area contributed by atoms with E-state index >= 15 is 0 Å². The first-order valence-electron chi connectivity index (χ1n) is 5.74. The largest absolute Gasteiger partial charge is 0.296 e. The van der Waals surface area contributed by atoms with Crippen molar-refractivity contribution in [2.24, 2.45) is 0 Å². The lowest BCUT2D eigenvalue weighted by atomic mass is 10.4. The van der Waals surface area contributed by atoms with Crippen LogP contribution in [0.15, 0.2) is 33.8 Å². The van der Waals surface area contributed by atoms with Gasteiger partial charge in [0.25, 0.3) is 0 Å². The third-order valence-corrected chi connectivity index (χ3v) is 4.38. The van der Waals surface area contributed by atoms with Crippen molar-refractivity contribution in [2.75, 3.05) is 0 Å². The van der Waals surface area contributed by atoms with E-state index in [2.05, 4.69) is 14.3 Å². The normalized spacial score (nSPS) is 11.0. The highest BCUT2D eigenvalue weighted by molar-refractivity contribution is 8.01. The Balaban J connectivity index is 2.02. The zero-order valence-electron chi connectivity index (χ0n) is 10.1. The highest BCUT2D eigenvalue weighted by atomic mass is 32.2. The van der Waals surface area contributed by atoms with Crippen LogP contribution in [0.25, 0.3) is 5.65 Å². The first kappa shape index (κ1) is 12.3. The number of aromatic nitrogens is 4. The fraction of sp³-hybridized carbons (Fsp3) is 0.167. The van der Waals surface area contributed by atoms with Crippen molar-refractivity contribution in [3.05, 3.63) is 35.9 Å². The molecule has 19 heavy (non-hydrogen) atoms. The zero-order valence-corrected chi connectivity index (χ0v) is 11.7. The van der Waals surface area contributed by atoms with E-state index in [4.69, 9.17) is 0 Å². The van der Waals surface area contributed by atoms with Crippen LogP contribution < -0.4 is 0 Å². The molecular weight excluding hydrogens is 280 g/mol. The Labute approximate surface area is 117 Å². The lowest BCUT2D eigenvalue weighted by Crippen LogP contribution is -1.90. The summed E-state index contributed by atoms with van der Waals surface area (Å²) in [5.41, 5.74) is 1.31. The second-order valence-corrected chi connectivity index (χ2v) is 5.77. The van der Waals surface area contributed by atoms with Crippen LogP contribution in [0.5, 0.6) is 0 Å². The van der Waals surface area contributed by atoms with Gasteiger partial charge in [-0.1, -0.05) is 13.0 Å². The molecule has 0 fully saturated rings. The van der Waals surface area contributed by atoms with Crippen LogP contribution in [0.1, 0.15) is 23.2 Å². The summed E-state index contributed by atoms with van der Waals surface area (Å²) >= 11 is 2.72. The van der Waals surface area contributed by atoms with E-state index in [-0.39, 0.29) is 0 Å². The molecule has 0 saturated heterocycles. The van der Waals surface area contributed by atoms with Gasteiger partial charge in [0.2, 0.25) is 0 Å². The molecule has 7 heteroatoms. The molecule has 0 amide bonds. The van der Waals surface area contributed by atoms with Crippen LogP contribution in [0.4, 0.5) is 0 Å². The molecule has 0 atom stereocenters. The smallest absolute Gasteiger partial charge is 0.176 e. The third kappa shape index (κ3) is 2.26. The summed E-state index contributed by atoms with van der Waals surface area (Å²) in [5.74, 6) is 0.823. The van der Waals surface area contributed by atoms with E-state index < -0.39 is 0 Å². The number of imidazole rings is 1. The van der Waals surface area contributed by atoms with Crippen molar-refractivity contribution >= 4 is 35.2 Å². The Bertz CT molecular complexity index is 734. The minimum absolute atomic E-state index is 0.550. The molecule has 0 bridgehead atoms. The maximum absolute atomic E-state index is 11.2. The summed E-state index contributed by atoms with van der Waals surface area (Å²) in [6.45, 7) is 2.01. The number of fused-ring (bicyclic) bond motifs is 1. The Morgan fingerprint density at radius 1 is 1.42 bits per heavy atom. The minimum Gasteiger partial charge on any atom is -0.296 e. The van der Waals surface area contributed by atoms with Gasteiger partial charge in [-0.05, 0) is 35.4 Å². The summed E-state index contributed by atoms with van der Waals surface area (Å²) in [6, 6.07) is 5.64. The van der Waals surface area contributed by atoms with Crippen molar-refractivity contribution in [1.29, 1.82) is 0 Å². The van der Waals surface area contributed by atoms with Crippen LogP contribution in [-0.4, -0.2) is 25.0 Å². The monoisotopic (exact) mass is 290 g/mol. The molecule has 0 unspecified atom stereocenters. The fourth-order valence-electron chi connectivity index (χ4n) is 1.68. The lowest BCUT2D eigenvalue weighted by Gasteiger charge is -1.94. The van der Waals surface area contributed by atoms with Gasteiger partial charge in [-0.15, -0.1) is 0 Å². The van der Waals surface area contributed by atoms with Crippen molar-refractivity contribution in [3.8, 4) is 0 Å². The van der Waals surface area contributed by atoms with Crippen LogP contribution >= 0.6 is 23.3 Å². The highest BCUT2D eigenvalue weighted by Crippen LogP contribution is 2.30. The minimum atomic E-state index is 0.550. The molecule has 96 valence electrons. The number of aryl methyl sites for hydroxylation is 1. The van der Waals surface area contributed by atoms with Crippen LogP contribution in [0.2, 0.25) is 0 Å². The number of nitrogens with zero attached hydrogens (tertiary/aromatic N) is 4. The molecule has 3 aromatic heterocycles. The molecule has 3 heterocycles. The first-order chi connectivity index (χ1) is 9.31. The molecule has 0 aromatic carbocycles. The van der Waals surface area contributed by atoms with Gasteiger partial charge < -0.3 is 0 Å². The van der Waals surface area contributed by atoms with Crippen LogP contribution in [0, 0.1) is 0 Å². The topological polar surface area (TPSA) is 60.2 Å². The van der Waals surface area contributed by atoms with Crippen molar-refractivity contribution in [3.63, 3.8) is 0 Å². The van der Waals surface area contributed by atoms with E-state index in [1.54, 1.807) is 4.40 Å². The van der Waals surface area contributed by atoms with Gasteiger partial charge in [0.05, 0.1) is 0 Å². The summed E-state index contributed by atoms with van der Waals surface area (Å²) < 4.78 is 6.81. The molecule has 0 spiro atoms. The number of aldehydes is 1. The van der Waals surface area contributed by atoms with E-state index in [1.807, 2.05) is 31.3 Å². The second-order valence-electron chi connectivity index (χ2n) is 3.78. The Morgan fingerprint density at radius 2 is 2.32 bits per heavy atom. The Kier molecular flexibility index (Phi) is 3.31. The number of rotatable bonds is 4. The quantitative estimate of drug-likeness (QED) is 0.691. The van der Waals surface area contributed by atoms with Gasteiger partial charge >= 0.3 is 0 Å². The summed E-state index contributed by atoms with van der Waals surface area (Å²) in [4.78, 5) is 20.1. The van der Waals surface area contributed by atoms with E-state index in [9.17, 15) is 4.79 Å². The number of pyridine rings is 1. The molecule has 0 aliphatic rings. The maximum Gasteiger partial charge on any atom is 0.176 e. The van der Waals surface area contributed by atoms with Crippen molar-refractivity contribution in [2.45, 2.75) is 22.7 Å². The predicted octanol–water partition coefficient (Wildman–Crippen LogP) is 2.71.